The van der Waals surface area contributed by atoms with Crippen molar-refractivity contribution >= 4 is 11.9 Å². The lowest BCUT2D eigenvalue weighted by Crippen LogP contribution is -2.39. The third-order valence-corrected chi connectivity index (χ3v) is 4.77. The monoisotopic (exact) mass is 371 g/mol. The molecular formula is C19H33NO6. The number of nitrogens with zero attached hydrogens (tertiary/aromatic N) is 1. The zero-order valence-corrected chi connectivity index (χ0v) is 16.5. The smallest absolute Gasteiger partial charge is 0.332 e. The van der Waals surface area contributed by atoms with Gasteiger partial charge in [0.1, 0.15) is 12.2 Å². The van der Waals surface area contributed by atoms with Gasteiger partial charge in [-0.15, -0.1) is 0 Å². The van der Waals surface area contributed by atoms with E-state index in [1.54, 1.807) is 0 Å². The van der Waals surface area contributed by atoms with Crippen molar-refractivity contribution in [2.45, 2.75) is 77.0 Å². The molecule has 1 saturated heterocycles. The molecule has 2 fully saturated rings. The summed E-state index contributed by atoms with van der Waals surface area (Å²) >= 11 is 0. The summed E-state index contributed by atoms with van der Waals surface area (Å²) in [6, 6.07) is 0.163. The lowest BCUT2D eigenvalue weighted by molar-refractivity contribution is -0.222. The van der Waals surface area contributed by atoms with Gasteiger partial charge >= 0.3 is 11.9 Å². The van der Waals surface area contributed by atoms with Crippen LogP contribution in [-0.4, -0.2) is 61.6 Å². The van der Waals surface area contributed by atoms with E-state index in [0.29, 0.717) is 6.61 Å². The standard InChI is InChI=1S/C19H33NO6/c1-19(2,3)25-17(21)13-24-12-15-6-5-11-20(15)26-16-9-7-14(8-10-16)18(22)23-4/h14-16H,5-13H2,1-4H3/t14-,15-,16-/m0/s1. The summed E-state index contributed by atoms with van der Waals surface area (Å²) in [5.41, 5.74) is -0.494. The van der Waals surface area contributed by atoms with E-state index in [1.807, 2.05) is 25.8 Å². The van der Waals surface area contributed by atoms with Crippen LogP contribution in [0.3, 0.4) is 0 Å². The van der Waals surface area contributed by atoms with Crippen LogP contribution in [0.15, 0.2) is 0 Å². The molecule has 150 valence electrons. The molecule has 0 amide bonds. The molecule has 1 saturated carbocycles. The Morgan fingerprint density at radius 3 is 2.38 bits per heavy atom. The second kappa shape index (κ2) is 9.67. The van der Waals surface area contributed by atoms with Crippen molar-refractivity contribution in [3.05, 3.63) is 0 Å². The average Bonchev–Trinajstić information content (AvgIpc) is 3.00. The van der Waals surface area contributed by atoms with Crippen LogP contribution < -0.4 is 0 Å². The average molecular weight is 371 g/mol. The molecule has 1 atom stereocenters. The first-order valence-corrected chi connectivity index (χ1v) is 9.59. The van der Waals surface area contributed by atoms with Crippen LogP contribution in [0.2, 0.25) is 0 Å². The lowest BCUT2D eigenvalue weighted by Gasteiger charge is -2.32. The number of carbonyl (C=O) groups is 2. The Hall–Kier alpha value is -1.18. The maximum absolute atomic E-state index is 11.7. The van der Waals surface area contributed by atoms with Crippen LogP contribution in [0.4, 0.5) is 0 Å². The fraction of sp³-hybridized carbons (Fsp3) is 0.895. The molecule has 1 aliphatic heterocycles. The summed E-state index contributed by atoms with van der Waals surface area (Å²) in [4.78, 5) is 29.5. The van der Waals surface area contributed by atoms with Gasteiger partial charge in [0, 0.05) is 6.54 Å². The Bertz CT molecular complexity index is 467. The molecule has 0 bridgehead atoms. The highest BCUT2D eigenvalue weighted by molar-refractivity contribution is 5.72. The molecule has 0 radical (unpaired) electrons. The molecule has 26 heavy (non-hydrogen) atoms. The second-order valence-electron chi connectivity index (χ2n) is 8.14. The number of methoxy groups -OCH3 is 1. The summed E-state index contributed by atoms with van der Waals surface area (Å²) in [5, 5.41) is 2.00. The largest absolute Gasteiger partial charge is 0.469 e. The van der Waals surface area contributed by atoms with Gasteiger partial charge in [0.05, 0.1) is 31.8 Å². The van der Waals surface area contributed by atoms with Gasteiger partial charge < -0.3 is 14.2 Å². The van der Waals surface area contributed by atoms with E-state index in [-0.39, 0.29) is 36.6 Å². The highest BCUT2D eigenvalue weighted by atomic mass is 16.7. The van der Waals surface area contributed by atoms with E-state index in [4.69, 9.17) is 19.0 Å². The van der Waals surface area contributed by atoms with Crippen molar-refractivity contribution in [3.63, 3.8) is 0 Å². The highest BCUT2D eigenvalue weighted by Crippen LogP contribution is 2.29. The molecular weight excluding hydrogens is 338 g/mol. The van der Waals surface area contributed by atoms with Gasteiger partial charge in [-0.3, -0.25) is 9.63 Å². The van der Waals surface area contributed by atoms with Gasteiger partial charge in [-0.05, 0) is 59.3 Å². The molecule has 2 rings (SSSR count). The number of ether oxygens (including phenoxy) is 3. The number of esters is 2. The molecule has 0 aromatic rings. The van der Waals surface area contributed by atoms with Crippen LogP contribution in [0, 0.1) is 5.92 Å². The Balaban J connectivity index is 1.68. The number of rotatable bonds is 7. The minimum Gasteiger partial charge on any atom is -0.469 e. The quantitative estimate of drug-likeness (QED) is 0.637. The Morgan fingerprint density at radius 1 is 1.08 bits per heavy atom. The van der Waals surface area contributed by atoms with Gasteiger partial charge in [0.15, 0.2) is 0 Å². The lowest BCUT2D eigenvalue weighted by atomic mass is 9.87. The molecule has 0 spiro atoms. The Labute approximate surface area is 156 Å². The zero-order chi connectivity index (χ0) is 19.2. The topological polar surface area (TPSA) is 74.3 Å². The van der Waals surface area contributed by atoms with Gasteiger partial charge in [-0.25, -0.2) is 4.79 Å². The van der Waals surface area contributed by atoms with Crippen LogP contribution in [-0.2, 0) is 28.6 Å². The zero-order valence-electron chi connectivity index (χ0n) is 16.5. The molecule has 1 heterocycles. The summed E-state index contributed by atoms with van der Waals surface area (Å²) in [7, 11) is 1.44. The third kappa shape index (κ3) is 6.85. The van der Waals surface area contributed by atoms with Crippen LogP contribution in [0.5, 0.6) is 0 Å². The maximum atomic E-state index is 11.7. The normalized spacial score (nSPS) is 27.3. The van der Waals surface area contributed by atoms with Crippen molar-refractivity contribution in [2.24, 2.45) is 5.92 Å². The van der Waals surface area contributed by atoms with Gasteiger partial charge in [-0.2, -0.15) is 5.06 Å². The summed E-state index contributed by atoms with van der Waals surface area (Å²) in [6.07, 6.45) is 5.53. The number of hydroxylamine groups is 2. The molecule has 2 aliphatic rings. The molecule has 0 unspecified atom stereocenters. The van der Waals surface area contributed by atoms with E-state index in [0.717, 1.165) is 45.1 Å². The van der Waals surface area contributed by atoms with Gasteiger partial charge in [0.25, 0.3) is 0 Å². The highest BCUT2D eigenvalue weighted by Gasteiger charge is 2.32. The van der Waals surface area contributed by atoms with Crippen LogP contribution >= 0.6 is 0 Å². The molecule has 0 aromatic heterocycles. The summed E-state index contributed by atoms with van der Waals surface area (Å²) in [5.74, 6) is -0.450. The van der Waals surface area contributed by atoms with Crippen molar-refractivity contribution in [2.75, 3.05) is 26.9 Å². The fourth-order valence-electron chi connectivity index (χ4n) is 3.53. The minimum absolute atomic E-state index is 0.00591. The van der Waals surface area contributed by atoms with Gasteiger partial charge in [0.2, 0.25) is 0 Å². The number of hydrogen-bond acceptors (Lipinski definition) is 7. The van der Waals surface area contributed by atoms with Crippen LogP contribution in [0.25, 0.3) is 0 Å². The molecule has 7 nitrogen and oxygen atoms in total. The molecule has 1 aliphatic carbocycles. The predicted molar refractivity (Wildman–Crippen MR) is 95.2 cm³/mol. The first kappa shape index (κ1) is 21.1. The van der Waals surface area contributed by atoms with Crippen LogP contribution in [0.1, 0.15) is 59.3 Å². The first-order chi connectivity index (χ1) is 12.3. The molecule has 0 aromatic carbocycles. The summed E-state index contributed by atoms with van der Waals surface area (Å²) < 4.78 is 15.6. The Kier molecular flexibility index (Phi) is 7.85. The second-order valence-corrected chi connectivity index (χ2v) is 8.14. The first-order valence-electron chi connectivity index (χ1n) is 9.59. The minimum atomic E-state index is -0.494. The van der Waals surface area contributed by atoms with Crippen molar-refractivity contribution in [3.8, 4) is 0 Å². The fourth-order valence-corrected chi connectivity index (χ4v) is 3.53. The predicted octanol–water partition coefficient (Wildman–Crippen LogP) is 2.47. The van der Waals surface area contributed by atoms with E-state index in [2.05, 4.69) is 0 Å². The molecule has 7 heteroatoms. The van der Waals surface area contributed by atoms with Gasteiger partial charge in [-0.1, -0.05) is 0 Å². The number of carbonyl (C=O) groups excluding carboxylic acids is 2. The van der Waals surface area contributed by atoms with E-state index in [1.165, 1.54) is 7.11 Å². The van der Waals surface area contributed by atoms with Crippen molar-refractivity contribution < 1.29 is 28.6 Å². The van der Waals surface area contributed by atoms with E-state index < -0.39 is 5.60 Å². The SMILES string of the molecule is COC(=O)[C@H]1CC[C@H](ON2CCC[C@H]2COCC(=O)OC(C)(C)C)CC1. The van der Waals surface area contributed by atoms with E-state index in [9.17, 15) is 9.59 Å². The molecule has 0 N–H and O–H groups in total. The maximum Gasteiger partial charge on any atom is 0.332 e. The van der Waals surface area contributed by atoms with E-state index >= 15 is 0 Å². The van der Waals surface area contributed by atoms with Crippen molar-refractivity contribution in [1.82, 2.24) is 5.06 Å². The third-order valence-electron chi connectivity index (χ3n) is 4.77. The Morgan fingerprint density at radius 2 is 1.77 bits per heavy atom. The van der Waals surface area contributed by atoms with Crippen molar-refractivity contribution in [1.29, 1.82) is 0 Å². The summed E-state index contributed by atoms with van der Waals surface area (Å²) in [6.45, 7) is 6.81. The number of hydrogen-bond donors (Lipinski definition) is 0.